The molecule has 3 nitrogen and oxygen atoms in total. The minimum Gasteiger partial charge on any atom is -0.414 e. The van der Waals surface area contributed by atoms with E-state index >= 15 is 0 Å². The summed E-state index contributed by atoms with van der Waals surface area (Å²) >= 11 is 2.37. The third-order valence-electron chi connectivity index (χ3n) is 4.03. The van der Waals surface area contributed by atoms with Gasteiger partial charge in [0.15, 0.2) is 14.6 Å². The Morgan fingerprint density at radius 3 is 2.33 bits per heavy atom. The lowest BCUT2D eigenvalue weighted by Gasteiger charge is -2.42. The van der Waals surface area contributed by atoms with Crippen LogP contribution in [0, 0.1) is 0 Å². The third-order valence-corrected chi connectivity index (χ3v) is 9.55. The second-order valence-electron chi connectivity index (χ2n) is 6.55. The highest BCUT2D eigenvalue weighted by atomic mass is 127. The summed E-state index contributed by atoms with van der Waals surface area (Å²) in [4.78, 5) is 0. The van der Waals surface area contributed by atoms with Crippen LogP contribution in [0.2, 0.25) is 18.1 Å². The zero-order valence-electron chi connectivity index (χ0n) is 12.5. The third kappa shape index (κ3) is 4.44. The highest BCUT2D eigenvalue weighted by Gasteiger charge is 2.41. The normalized spacial score (nSPS) is 30.5. The van der Waals surface area contributed by atoms with Gasteiger partial charge < -0.3 is 13.9 Å². The first-order chi connectivity index (χ1) is 8.19. The van der Waals surface area contributed by atoms with E-state index in [0.29, 0.717) is 0 Å². The molecule has 0 aromatic carbocycles. The van der Waals surface area contributed by atoms with E-state index in [1.807, 2.05) is 0 Å². The molecule has 0 spiro atoms. The smallest absolute Gasteiger partial charge is 0.192 e. The second kappa shape index (κ2) is 6.52. The van der Waals surface area contributed by atoms with Crippen LogP contribution in [-0.2, 0) is 13.9 Å². The Labute approximate surface area is 126 Å². The summed E-state index contributed by atoms with van der Waals surface area (Å²) in [6.07, 6.45) is 2.29. The van der Waals surface area contributed by atoms with Gasteiger partial charge in [0.05, 0.1) is 12.2 Å². The molecule has 0 aliphatic carbocycles. The Morgan fingerprint density at radius 1 is 1.28 bits per heavy atom. The van der Waals surface area contributed by atoms with Gasteiger partial charge in [-0.15, -0.1) is 0 Å². The number of alkyl halides is 1. The molecule has 0 bridgehead atoms. The first-order valence-electron chi connectivity index (χ1n) is 6.61. The van der Waals surface area contributed by atoms with Crippen molar-refractivity contribution in [3.05, 3.63) is 0 Å². The predicted molar refractivity (Wildman–Crippen MR) is 85.9 cm³/mol. The lowest BCUT2D eigenvalue weighted by molar-refractivity contribution is -0.194. The van der Waals surface area contributed by atoms with Crippen molar-refractivity contribution < 1.29 is 13.9 Å². The molecule has 1 rings (SSSR count). The number of hydrogen-bond donors (Lipinski definition) is 0. The van der Waals surface area contributed by atoms with E-state index < -0.39 is 8.32 Å². The zero-order chi connectivity index (χ0) is 14.0. The SMILES string of the molecule is CO[C@@H]1C[C@H](O[Si](C)(C)C(C)(C)C)C[C@@H](CI)O1. The van der Waals surface area contributed by atoms with Crippen molar-refractivity contribution >= 4 is 30.9 Å². The molecule has 0 aromatic rings. The lowest BCUT2D eigenvalue weighted by atomic mass is 10.1. The van der Waals surface area contributed by atoms with Gasteiger partial charge in [-0.1, -0.05) is 43.4 Å². The zero-order valence-corrected chi connectivity index (χ0v) is 15.6. The minimum absolute atomic E-state index is 0.103. The molecule has 0 aromatic heterocycles. The van der Waals surface area contributed by atoms with Gasteiger partial charge in [0, 0.05) is 18.0 Å². The maximum atomic E-state index is 6.48. The molecule has 3 atom stereocenters. The molecule has 108 valence electrons. The van der Waals surface area contributed by atoms with E-state index in [1.165, 1.54) is 0 Å². The highest BCUT2D eigenvalue weighted by Crippen LogP contribution is 2.39. The fourth-order valence-corrected chi connectivity index (χ4v) is 3.82. The molecule has 1 saturated heterocycles. The summed E-state index contributed by atoms with van der Waals surface area (Å²) in [7, 11) is 0.0214. The number of methoxy groups -OCH3 is 1. The molecule has 1 aliphatic rings. The molecule has 0 N–H and O–H groups in total. The van der Waals surface area contributed by atoms with Crippen molar-refractivity contribution in [1.82, 2.24) is 0 Å². The average Bonchev–Trinajstić information content (AvgIpc) is 2.26. The van der Waals surface area contributed by atoms with Gasteiger partial charge in [0.2, 0.25) is 0 Å². The van der Waals surface area contributed by atoms with E-state index in [1.54, 1.807) is 7.11 Å². The summed E-state index contributed by atoms with van der Waals surface area (Å²) in [6.45, 7) is 11.5. The van der Waals surface area contributed by atoms with Crippen LogP contribution in [0.5, 0.6) is 0 Å². The van der Waals surface area contributed by atoms with Gasteiger partial charge in [0.25, 0.3) is 0 Å². The van der Waals surface area contributed by atoms with E-state index in [4.69, 9.17) is 13.9 Å². The highest BCUT2D eigenvalue weighted by molar-refractivity contribution is 14.1. The summed E-state index contributed by atoms with van der Waals surface area (Å²) in [5, 5.41) is 0.258. The van der Waals surface area contributed by atoms with E-state index in [9.17, 15) is 0 Å². The van der Waals surface area contributed by atoms with Gasteiger partial charge in [-0.3, -0.25) is 0 Å². The Balaban J connectivity index is 2.65. The summed E-state index contributed by atoms with van der Waals surface area (Å²) < 4.78 is 18.7. The fourth-order valence-electron chi connectivity index (χ4n) is 1.87. The topological polar surface area (TPSA) is 27.7 Å². The second-order valence-corrected chi connectivity index (χ2v) is 12.2. The van der Waals surface area contributed by atoms with E-state index in [0.717, 1.165) is 17.3 Å². The molecule has 1 heterocycles. The Kier molecular flexibility index (Phi) is 6.11. The molecule has 0 radical (unpaired) electrons. The minimum atomic E-state index is -1.69. The van der Waals surface area contributed by atoms with Gasteiger partial charge in [-0.05, 0) is 24.6 Å². The van der Waals surface area contributed by atoms with Crippen LogP contribution in [0.25, 0.3) is 0 Å². The standard InChI is InChI=1S/C13H27IO3Si/c1-13(2,3)18(5,6)17-10-7-11(9-14)16-12(8-10)15-4/h10-12H,7-9H2,1-6H3/t10-,11+,12+/m1/s1. The van der Waals surface area contributed by atoms with Gasteiger partial charge in [-0.2, -0.15) is 0 Å². The summed E-state index contributed by atoms with van der Waals surface area (Å²) in [5.41, 5.74) is 0. The predicted octanol–water partition coefficient (Wildman–Crippen LogP) is 3.96. The first-order valence-corrected chi connectivity index (χ1v) is 11.0. The Hall–Kier alpha value is 0.827. The quantitative estimate of drug-likeness (QED) is 0.416. The first kappa shape index (κ1) is 16.9. The molecule has 1 fully saturated rings. The fraction of sp³-hybridized carbons (Fsp3) is 1.00. The van der Waals surface area contributed by atoms with Crippen LogP contribution in [0.1, 0.15) is 33.6 Å². The molecule has 0 amide bonds. The molecule has 0 unspecified atom stereocenters. The van der Waals surface area contributed by atoms with Crippen LogP contribution in [0.3, 0.4) is 0 Å². The monoisotopic (exact) mass is 386 g/mol. The van der Waals surface area contributed by atoms with Crippen molar-refractivity contribution in [3.63, 3.8) is 0 Å². The van der Waals surface area contributed by atoms with Crippen molar-refractivity contribution in [2.75, 3.05) is 11.5 Å². The molecule has 5 heteroatoms. The molecular weight excluding hydrogens is 359 g/mol. The van der Waals surface area contributed by atoms with Gasteiger partial charge in [0.1, 0.15) is 0 Å². The number of halogens is 1. The number of ether oxygens (including phenoxy) is 2. The summed E-state index contributed by atoms with van der Waals surface area (Å²) in [5.74, 6) is 0. The molecule has 0 saturated carbocycles. The van der Waals surface area contributed by atoms with Crippen molar-refractivity contribution in [2.24, 2.45) is 0 Å². The van der Waals surface area contributed by atoms with Crippen LogP contribution in [-0.4, -0.2) is 38.4 Å². The lowest BCUT2D eigenvalue weighted by Crippen LogP contribution is -2.48. The van der Waals surface area contributed by atoms with Crippen LogP contribution in [0.15, 0.2) is 0 Å². The maximum absolute atomic E-state index is 6.48. The van der Waals surface area contributed by atoms with Crippen molar-refractivity contribution in [1.29, 1.82) is 0 Å². The van der Waals surface area contributed by atoms with Crippen LogP contribution in [0.4, 0.5) is 0 Å². The maximum Gasteiger partial charge on any atom is 0.192 e. The van der Waals surface area contributed by atoms with Crippen LogP contribution >= 0.6 is 22.6 Å². The summed E-state index contributed by atoms with van der Waals surface area (Å²) in [6, 6.07) is 0. The Bertz CT molecular complexity index is 253. The van der Waals surface area contributed by atoms with E-state index in [2.05, 4.69) is 56.5 Å². The number of hydrogen-bond acceptors (Lipinski definition) is 3. The largest absolute Gasteiger partial charge is 0.414 e. The average molecular weight is 386 g/mol. The van der Waals surface area contributed by atoms with Gasteiger partial charge >= 0.3 is 0 Å². The van der Waals surface area contributed by atoms with Crippen LogP contribution < -0.4 is 0 Å². The van der Waals surface area contributed by atoms with Crippen molar-refractivity contribution in [2.45, 2.75) is 70.2 Å². The number of rotatable bonds is 4. The Morgan fingerprint density at radius 2 is 1.89 bits per heavy atom. The van der Waals surface area contributed by atoms with Crippen molar-refractivity contribution in [3.8, 4) is 0 Å². The molecule has 1 aliphatic heterocycles. The van der Waals surface area contributed by atoms with E-state index in [-0.39, 0.29) is 23.5 Å². The van der Waals surface area contributed by atoms with Gasteiger partial charge in [-0.25, -0.2) is 0 Å². The molecular formula is C13H27IO3Si. The molecule has 18 heavy (non-hydrogen) atoms.